The van der Waals surface area contributed by atoms with Crippen molar-refractivity contribution < 1.29 is 17.6 Å². The zero-order valence-corrected chi connectivity index (χ0v) is 17.7. The van der Waals surface area contributed by atoms with Gasteiger partial charge in [-0.05, 0) is 43.3 Å². The molecule has 1 aromatic heterocycles. The second-order valence-electron chi connectivity index (χ2n) is 6.70. The number of fused-ring (bicyclic) bond motifs is 3. The number of hydrogen-bond donors (Lipinski definition) is 1. The predicted octanol–water partition coefficient (Wildman–Crippen LogP) is 3.46. The van der Waals surface area contributed by atoms with E-state index in [1.807, 2.05) is 19.1 Å². The molecule has 0 saturated heterocycles. The fraction of sp³-hybridized carbons (Fsp3) is 0.150. The Kier molecular flexibility index (Phi) is 5.20. The maximum atomic E-state index is 13.0. The molecule has 2 heterocycles. The number of carbonyl (C=O) groups excluding carboxylic acids is 1. The molecular weight excluding hydrogens is 427 g/mol. The average molecular weight is 445 g/mol. The Morgan fingerprint density at radius 3 is 2.67 bits per heavy atom. The molecule has 1 aliphatic rings. The first-order valence-electron chi connectivity index (χ1n) is 8.91. The molecule has 3 aromatic rings. The average Bonchev–Trinajstić information content (AvgIpc) is 2.72. The van der Waals surface area contributed by atoms with Gasteiger partial charge in [-0.15, -0.1) is 0 Å². The van der Waals surface area contributed by atoms with E-state index in [0.29, 0.717) is 22.6 Å². The van der Waals surface area contributed by atoms with Crippen LogP contribution in [0.15, 0.2) is 58.7 Å². The van der Waals surface area contributed by atoms with Crippen LogP contribution in [0.25, 0.3) is 11.3 Å². The van der Waals surface area contributed by atoms with Gasteiger partial charge in [0.05, 0.1) is 23.3 Å². The van der Waals surface area contributed by atoms with Crippen LogP contribution in [-0.4, -0.2) is 37.1 Å². The molecule has 2 aromatic carbocycles. The quantitative estimate of drug-likeness (QED) is 0.489. The number of carbonyl (C=O) groups is 1. The highest BCUT2D eigenvalue weighted by Crippen LogP contribution is 2.41. The van der Waals surface area contributed by atoms with Crippen molar-refractivity contribution in [3.63, 3.8) is 0 Å². The van der Waals surface area contributed by atoms with Crippen molar-refractivity contribution in [2.24, 2.45) is 0 Å². The number of anilines is 2. The number of nitrogens with one attached hydrogen (secondary N) is 1. The van der Waals surface area contributed by atoms with Gasteiger partial charge in [-0.2, -0.15) is 0 Å². The van der Waals surface area contributed by atoms with Gasteiger partial charge in [-0.3, -0.25) is 9.10 Å². The van der Waals surface area contributed by atoms with Crippen molar-refractivity contribution >= 4 is 39.1 Å². The maximum absolute atomic E-state index is 13.0. The summed E-state index contributed by atoms with van der Waals surface area (Å²) in [6, 6.07) is 10.9. The van der Waals surface area contributed by atoms with Crippen LogP contribution in [0.2, 0.25) is 0 Å². The van der Waals surface area contributed by atoms with E-state index >= 15 is 0 Å². The third-order valence-electron chi connectivity index (χ3n) is 4.58. The summed E-state index contributed by atoms with van der Waals surface area (Å²) in [6.45, 7) is 1.92. The number of nitrogens with zero attached hydrogens (tertiary/aromatic N) is 3. The van der Waals surface area contributed by atoms with Gasteiger partial charge in [0.15, 0.2) is 5.16 Å². The largest absolute Gasteiger partial charge is 0.325 e. The van der Waals surface area contributed by atoms with Crippen molar-refractivity contribution in [1.29, 1.82) is 0 Å². The summed E-state index contributed by atoms with van der Waals surface area (Å²) in [5, 5.41) is 2.95. The third-order valence-corrected chi connectivity index (χ3v) is 7.21. The Balaban J connectivity index is 1.58. The summed E-state index contributed by atoms with van der Waals surface area (Å²) in [5.41, 5.74) is 3.01. The van der Waals surface area contributed by atoms with Crippen LogP contribution in [0.4, 0.5) is 15.8 Å². The van der Waals surface area contributed by atoms with E-state index in [-0.39, 0.29) is 27.5 Å². The van der Waals surface area contributed by atoms with Crippen molar-refractivity contribution in [2.45, 2.75) is 17.0 Å². The van der Waals surface area contributed by atoms with E-state index < -0.39 is 10.0 Å². The predicted molar refractivity (Wildman–Crippen MR) is 114 cm³/mol. The van der Waals surface area contributed by atoms with Crippen molar-refractivity contribution in [2.75, 3.05) is 22.4 Å². The van der Waals surface area contributed by atoms with Gasteiger partial charge in [0.2, 0.25) is 5.91 Å². The molecular formula is C20H17FN4O3S2. The molecule has 1 amide bonds. The van der Waals surface area contributed by atoms with E-state index in [2.05, 4.69) is 15.3 Å². The first kappa shape index (κ1) is 20.3. The number of sulfonamides is 1. The van der Waals surface area contributed by atoms with Crippen molar-refractivity contribution in [1.82, 2.24) is 9.97 Å². The molecule has 154 valence electrons. The molecule has 0 aliphatic carbocycles. The van der Waals surface area contributed by atoms with Crippen LogP contribution in [0, 0.1) is 12.7 Å². The molecule has 0 bridgehead atoms. The molecule has 0 fully saturated rings. The Hall–Kier alpha value is -2.98. The first-order valence-corrected chi connectivity index (χ1v) is 11.3. The van der Waals surface area contributed by atoms with Gasteiger partial charge >= 0.3 is 0 Å². The van der Waals surface area contributed by atoms with Crippen LogP contribution in [0.3, 0.4) is 0 Å². The van der Waals surface area contributed by atoms with Gasteiger partial charge in [-0.25, -0.2) is 22.8 Å². The third kappa shape index (κ3) is 3.75. The zero-order chi connectivity index (χ0) is 21.5. The van der Waals surface area contributed by atoms with E-state index in [1.54, 1.807) is 6.07 Å². The Bertz CT molecular complexity index is 1250. The normalized spacial score (nSPS) is 14.0. The summed E-state index contributed by atoms with van der Waals surface area (Å²) < 4.78 is 39.8. The summed E-state index contributed by atoms with van der Waals surface area (Å²) in [7, 11) is -2.26. The molecule has 0 saturated carbocycles. The molecule has 0 unspecified atom stereocenters. The van der Waals surface area contributed by atoms with Gasteiger partial charge in [-0.1, -0.05) is 23.4 Å². The number of rotatable bonds is 4. The van der Waals surface area contributed by atoms with Crippen molar-refractivity contribution in [3.05, 3.63) is 60.0 Å². The highest BCUT2D eigenvalue weighted by molar-refractivity contribution is 7.99. The lowest BCUT2D eigenvalue weighted by Crippen LogP contribution is -2.31. The summed E-state index contributed by atoms with van der Waals surface area (Å²) >= 11 is 1.09. The maximum Gasteiger partial charge on any atom is 0.267 e. The highest BCUT2D eigenvalue weighted by atomic mass is 32.2. The van der Waals surface area contributed by atoms with Crippen LogP contribution < -0.4 is 9.62 Å². The highest BCUT2D eigenvalue weighted by Gasteiger charge is 2.34. The number of amides is 1. The number of aryl methyl sites for hydroxylation is 1. The van der Waals surface area contributed by atoms with Gasteiger partial charge in [0.1, 0.15) is 10.7 Å². The Labute approximate surface area is 177 Å². The number of benzene rings is 2. The van der Waals surface area contributed by atoms with Crippen LogP contribution in [-0.2, 0) is 14.8 Å². The monoisotopic (exact) mass is 444 g/mol. The molecule has 0 spiro atoms. The Morgan fingerprint density at radius 2 is 1.93 bits per heavy atom. The molecule has 0 radical (unpaired) electrons. The van der Waals surface area contributed by atoms with E-state index in [9.17, 15) is 17.6 Å². The van der Waals surface area contributed by atoms with Crippen LogP contribution in [0.1, 0.15) is 5.56 Å². The molecule has 1 aliphatic heterocycles. The molecule has 7 nitrogen and oxygen atoms in total. The Morgan fingerprint density at radius 1 is 1.20 bits per heavy atom. The second-order valence-corrected chi connectivity index (χ2v) is 9.58. The molecule has 1 N–H and O–H groups in total. The second kappa shape index (κ2) is 7.69. The van der Waals surface area contributed by atoms with E-state index in [0.717, 1.165) is 17.3 Å². The lowest BCUT2D eigenvalue weighted by Gasteiger charge is -2.28. The number of aromatic nitrogens is 2. The molecule has 0 atom stereocenters. The van der Waals surface area contributed by atoms with E-state index in [4.69, 9.17) is 0 Å². The molecule has 4 rings (SSSR count). The lowest BCUT2D eigenvalue weighted by atomic mass is 10.1. The minimum atomic E-state index is -3.75. The fourth-order valence-corrected chi connectivity index (χ4v) is 4.97. The SMILES string of the molecule is Cc1ccc2c(c1)-c1nc(SCC(=O)Nc3ccc(F)cc3)ncc1S(=O)(=O)N2C. The van der Waals surface area contributed by atoms with Gasteiger partial charge < -0.3 is 5.32 Å². The number of thioether (sulfide) groups is 1. The van der Waals surface area contributed by atoms with Crippen molar-refractivity contribution in [3.8, 4) is 11.3 Å². The smallest absolute Gasteiger partial charge is 0.267 e. The molecule has 10 heteroatoms. The summed E-state index contributed by atoms with van der Waals surface area (Å²) in [5.74, 6) is -0.679. The fourth-order valence-electron chi connectivity index (χ4n) is 3.06. The summed E-state index contributed by atoms with van der Waals surface area (Å²) in [4.78, 5) is 20.8. The van der Waals surface area contributed by atoms with Gasteiger partial charge in [0.25, 0.3) is 10.0 Å². The van der Waals surface area contributed by atoms with Crippen LogP contribution >= 0.6 is 11.8 Å². The zero-order valence-electron chi connectivity index (χ0n) is 16.1. The first-order chi connectivity index (χ1) is 14.3. The minimum Gasteiger partial charge on any atom is -0.325 e. The van der Waals surface area contributed by atoms with Gasteiger partial charge in [0, 0.05) is 18.3 Å². The lowest BCUT2D eigenvalue weighted by molar-refractivity contribution is -0.113. The van der Waals surface area contributed by atoms with E-state index in [1.165, 1.54) is 41.8 Å². The summed E-state index contributed by atoms with van der Waals surface area (Å²) in [6.07, 6.45) is 1.28. The number of halogens is 1. The minimum absolute atomic E-state index is 0.0174. The topological polar surface area (TPSA) is 92.3 Å². The standard InChI is InChI=1S/C20H17FN4O3S2/c1-12-3-8-16-15(9-12)19-17(30(27,28)25(16)2)10-22-20(24-19)29-11-18(26)23-14-6-4-13(21)5-7-14/h3-10H,11H2,1-2H3,(H,23,26). The number of hydrogen-bond acceptors (Lipinski definition) is 6. The van der Waals surface area contributed by atoms with Crippen LogP contribution in [0.5, 0.6) is 0 Å². The molecule has 30 heavy (non-hydrogen) atoms.